The van der Waals surface area contributed by atoms with Gasteiger partial charge in [0.05, 0.1) is 5.56 Å². The number of halogens is 5. The molecule has 15 heteroatoms. The highest BCUT2D eigenvalue weighted by Crippen LogP contribution is 2.31. The van der Waals surface area contributed by atoms with E-state index in [1.165, 1.54) is 12.4 Å². The zero-order valence-corrected chi connectivity index (χ0v) is 21.5. The lowest BCUT2D eigenvalue weighted by Gasteiger charge is -2.37. The Morgan fingerprint density at radius 3 is 2.38 bits per heavy atom. The van der Waals surface area contributed by atoms with Crippen LogP contribution in [0.3, 0.4) is 0 Å². The van der Waals surface area contributed by atoms with Gasteiger partial charge in [-0.15, -0.1) is 0 Å². The van der Waals surface area contributed by atoms with E-state index < -0.39 is 41.7 Å². The third-order valence-electron chi connectivity index (χ3n) is 7.38. The van der Waals surface area contributed by atoms with Crippen LogP contribution in [-0.4, -0.2) is 75.7 Å². The van der Waals surface area contributed by atoms with Crippen molar-refractivity contribution in [3.63, 3.8) is 0 Å². The van der Waals surface area contributed by atoms with Gasteiger partial charge in [0.15, 0.2) is 11.6 Å². The number of alkyl halides is 2. The highest BCUT2D eigenvalue weighted by Gasteiger charge is 2.35. The zero-order valence-electron chi connectivity index (χ0n) is 21.5. The fourth-order valence-corrected chi connectivity index (χ4v) is 5.28. The summed E-state index contributed by atoms with van der Waals surface area (Å²) in [5.74, 6) is -4.53. The van der Waals surface area contributed by atoms with Crippen LogP contribution in [0, 0.1) is 17.5 Å². The van der Waals surface area contributed by atoms with Crippen molar-refractivity contribution in [3.8, 4) is 0 Å². The molecular weight excluding hydrogens is 539 g/mol. The van der Waals surface area contributed by atoms with Gasteiger partial charge in [-0.3, -0.25) is 4.79 Å². The first-order valence-electron chi connectivity index (χ1n) is 12.8. The molecule has 2 fully saturated rings. The Kier molecular flexibility index (Phi) is 7.83. The number of nitrogens with zero attached hydrogens (tertiary/aromatic N) is 7. The van der Waals surface area contributed by atoms with Gasteiger partial charge < -0.3 is 25.0 Å². The minimum Gasteiger partial charge on any atom is -0.339 e. The first-order valence-corrected chi connectivity index (χ1v) is 12.8. The Morgan fingerprint density at radius 1 is 1.07 bits per heavy atom. The maximum absolute atomic E-state index is 14.3. The van der Waals surface area contributed by atoms with Crippen LogP contribution in [-0.2, 0) is 0 Å². The van der Waals surface area contributed by atoms with E-state index in [0.717, 1.165) is 6.07 Å². The summed E-state index contributed by atoms with van der Waals surface area (Å²) >= 11 is 0. The molecular formula is C25H27F5N8O2. The first-order chi connectivity index (χ1) is 19.2. The Labute approximate surface area is 226 Å². The minimum atomic E-state index is -2.82. The minimum absolute atomic E-state index is 0.0149. The summed E-state index contributed by atoms with van der Waals surface area (Å²) in [5, 5.41) is 3.29. The fourth-order valence-electron chi connectivity index (χ4n) is 5.28. The predicted molar refractivity (Wildman–Crippen MR) is 132 cm³/mol. The van der Waals surface area contributed by atoms with Gasteiger partial charge in [-0.2, -0.15) is 4.98 Å². The summed E-state index contributed by atoms with van der Waals surface area (Å²) in [5.41, 5.74) is 6.45. The molecule has 2 N–H and O–H groups in total. The van der Waals surface area contributed by atoms with Crippen LogP contribution in [0.25, 0.3) is 0 Å². The van der Waals surface area contributed by atoms with E-state index in [1.807, 2.05) is 6.92 Å². The highest BCUT2D eigenvalue weighted by molar-refractivity contribution is 5.94. The number of carbonyl (C=O) groups is 1. The molecule has 2 aromatic heterocycles. The second-order valence-corrected chi connectivity index (χ2v) is 9.78. The van der Waals surface area contributed by atoms with Gasteiger partial charge in [0, 0.05) is 69.2 Å². The Balaban J connectivity index is 1.21. The van der Waals surface area contributed by atoms with Gasteiger partial charge in [-0.05, 0) is 31.4 Å². The third kappa shape index (κ3) is 5.42. The lowest BCUT2D eigenvalue weighted by atomic mass is 9.94. The quantitative estimate of drug-likeness (QED) is 0.340. The monoisotopic (exact) mass is 566 g/mol. The molecule has 2 saturated heterocycles. The van der Waals surface area contributed by atoms with E-state index in [9.17, 15) is 26.7 Å². The third-order valence-corrected chi connectivity index (χ3v) is 7.38. The molecule has 1 aromatic carbocycles. The number of nitrogens with two attached hydrogens (primary N) is 1. The summed E-state index contributed by atoms with van der Waals surface area (Å²) in [6.07, 6.45) is 1.13. The van der Waals surface area contributed by atoms with Crippen LogP contribution in [0.1, 0.15) is 53.9 Å². The second-order valence-electron chi connectivity index (χ2n) is 9.78. The number of rotatable bonds is 7. The number of hydrogen-bond acceptors (Lipinski definition) is 9. The molecule has 0 saturated carbocycles. The van der Waals surface area contributed by atoms with E-state index in [0.29, 0.717) is 38.5 Å². The number of aromatic nitrogens is 4. The van der Waals surface area contributed by atoms with Crippen molar-refractivity contribution in [2.45, 2.75) is 44.2 Å². The van der Waals surface area contributed by atoms with Crippen molar-refractivity contribution in [3.05, 3.63) is 58.9 Å². The van der Waals surface area contributed by atoms with Crippen LogP contribution in [0.4, 0.5) is 33.9 Å². The van der Waals surface area contributed by atoms with Crippen LogP contribution < -0.4 is 15.5 Å². The lowest BCUT2D eigenvalue weighted by molar-refractivity contribution is 0.0661. The standard InChI is InChI=1S/C25H27F5N8O2/c1-2-38(14-3-5-36(6-4-14)25-34-22(21(29)30)35-40-25)23(39)13-9-32-24(33-10-13)37-11-16(20(31)12-37)15-7-18(27)19(28)8-17(15)26/h7-10,14,16,20-21H,2-6,11-12,31H2,1H3. The fraction of sp³-hybridized carbons (Fsp3) is 0.480. The van der Waals surface area contributed by atoms with Crippen LogP contribution in [0.5, 0.6) is 0 Å². The smallest absolute Gasteiger partial charge is 0.324 e. The maximum Gasteiger partial charge on any atom is 0.324 e. The molecule has 5 rings (SSSR count). The second kappa shape index (κ2) is 11.3. The molecule has 0 aliphatic carbocycles. The summed E-state index contributed by atoms with van der Waals surface area (Å²) in [7, 11) is 0. The zero-order chi connectivity index (χ0) is 28.6. The summed E-state index contributed by atoms with van der Waals surface area (Å²) in [4.78, 5) is 30.8. The Hall–Kier alpha value is -3.88. The predicted octanol–water partition coefficient (Wildman–Crippen LogP) is 3.28. The number of piperidine rings is 1. The topological polar surface area (TPSA) is 118 Å². The molecule has 3 aromatic rings. The van der Waals surface area contributed by atoms with Crippen molar-refractivity contribution >= 4 is 17.9 Å². The van der Waals surface area contributed by atoms with Crippen molar-refractivity contribution < 1.29 is 31.3 Å². The van der Waals surface area contributed by atoms with Gasteiger partial charge >= 0.3 is 12.4 Å². The number of carbonyl (C=O) groups excluding carboxylic acids is 1. The summed E-state index contributed by atoms with van der Waals surface area (Å²) < 4.78 is 71.9. The largest absolute Gasteiger partial charge is 0.339 e. The normalized spacial score (nSPS) is 20.0. The number of anilines is 2. The highest BCUT2D eigenvalue weighted by atomic mass is 19.3. The van der Waals surface area contributed by atoms with Crippen LogP contribution in [0.2, 0.25) is 0 Å². The van der Waals surface area contributed by atoms with Gasteiger partial charge in [0.25, 0.3) is 5.91 Å². The number of hydrogen-bond donors (Lipinski definition) is 1. The molecule has 0 bridgehead atoms. The van der Waals surface area contributed by atoms with Crippen LogP contribution in [0.15, 0.2) is 29.0 Å². The van der Waals surface area contributed by atoms with E-state index >= 15 is 0 Å². The summed E-state index contributed by atoms with van der Waals surface area (Å²) in [6, 6.07) is 0.694. The molecule has 2 atom stereocenters. The molecule has 0 radical (unpaired) electrons. The molecule has 2 aliphatic heterocycles. The molecule has 4 heterocycles. The van der Waals surface area contributed by atoms with Crippen molar-refractivity contribution in [1.82, 2.24) is 25.0 Å². The molecule has 214 valence electrons. The van der Waals surface area contributed by atoms with Gasteiger partial charge in [-0.25, -0.2) is 31.9 Å². The maximum atomic E-state index is 14.3. The van der Waals surface area contributed by atoms with Gasteiger partial charge in [0.2, 0.25) is 11.8 Å². The van der Waals surface area contributed by atoms with Gasteiger partial charge in [-0.1, -0.05) is 5.16 Å². The molecule has 1 amide bonds. The van der Waals surface area contributed by atoms with Gasteiger partial charge in [0.1, 0.15) is 5.82 Å². The molecule has 10 nitrogen and oxygen atoms in total. The SMILES string of the molecule is CCN(C(=O)c1cnc(N2CC(N)C(c3cc(F)c(F)cc3F)C2)nc1)C1CCN(c2nc(C(F)F)no2)CC1. The lowest BCUT2D eigenvalue weighted by Crippen LogP contribution is -2.47. The Bertz CT molecular complexity index is 1350. The molecule has 2 aliphatic rings. The molecule has 40 heavy (non-hydrogen) atoms. The van der Waals surface area contributed by atoms with Crippen molar-refractivity contribution in [2.75, 3.05) is 42.5 Å². The van der Waals surface area contributed by atoms with E-state index in [4.69, 9.17) is 10.3 Å². The van der Waals surface area contributed by atoms with E-state index in [-0.39, 0.29) is 48.1 Å². The number of benzene rings is 1. The van der Waals surface area contributed by atoms with Crippen molar-refractivity contribution in [1.29, 1.82) is 0 Å². The molecule has 2 unspecified atom stereocenters. The average molecular weight is 567 g/mol. The molecule has 0 spiro atoms. The van der Waals surface area contributed by atoms with Crippen LogP contribution >= 0.6 is 0 Å². The first kappa shape index (κ1) is 27.7. The number of amides is 1. The van der Waals surface area contributed by atoms with Crippen molar-refractivity contribution in [2.24, 2.45) is 5.73 Å². The van der Waals surface area contributed by atoms with E-state index in [2.05, 4.69) is 20.1 Å². The Morgan fingerprint density at radius 2 is 1.75 bits per heavy atom. The average Bonchev–Trinajstić information content (AvgIpc) is 3.59. The summed E-state index contributed by atoms with van der Waals surface area (Å²) in [6.45, 7) is 3.64. The van der Waals surface area contributed by atoms with E-state index in [1.54, 1.807) is 14.7 Å².